The van der Waals surface area contributed by atoms with Crippen LogP contribution in [0.1, 0.15) is 13.3 Å². The molecular formula is C8H12N2O2S. The average molecular weight is 200 g/mol. The van der Waals surface area contributed by atoms with Crippen molar-refractivity contribution < 1.29 is 9.59 Å². The standard InChI is InChI=1S/C8H12N2O2S/c1-4-2-5(4)9-7(11)6-3-13-8(12)10-6/h4-6H,2-3H2,1H3,(H,9,11)(H,10,12)/t4-,5-,6?/m1/s1. The van der Waals surface area contributed by atoms with Gasteiger partial charge in [0.05, 0.1) is 0 Å². The molecule has 3 atom stereocenters. The van der Waals surface area contributed by atoms with Gasteiger partial charge >= 0.3 is 0 Å². The van der Waals surface area contributed by atoms with Crippen LogP contribution in [0.15, 0.2) is 0 Å². The molecule has 2 N–H and O–H groups in total. The van der Waals surface area contributed by atoms with Gasteiger partial charge in [0.15, 0.2) is 0 Å². The van der Waals surface area contributed by atoms with E-state index in [9.17, 15) is 9.59 Å². The third-order valence-corrected chi connectivity index (χ3v) is 3.31. The molecule has 0 aromatic carbocycles. The molecule has 1 heterocycles. The first-order chi connectivity index (χ1) is 6.16. The van der Waals surface area contributed by atoms with Crippen LogP contribution in [0.25, 0.3) is 0 Å². The van der Waals surface area contributed by atoms with Crippen LogP contribution >= 0.6 is 11.8 Å². The van der Waals surface area contributed by atoms with Crippen LogP contribution in [-0.2, 0) is 4.79 Å². The van der Waals surface area contributed by atoms with Crippen molar-refractivity contribution in [2.45, 2.75) is 25.4 Å². The number of carbonyl (C=O) groups excluding carboxylic acids is 2. The van der Waals surface area contributed by atoms with Gasteiger partial charge in [-0.1, -0.05) is 18.7 Å². The quantitative estimate of drug-likeness (QED) is 0.675. The third-order valence-electron chi connectivity index (χ3n) is 2.43. The smallest absolute Gasteiger partial charge is 0.279 e. The number of thioether (sulfide) groups is 1. The lowest BCUT2D eigenvalue weighted by Crippen LogP contribution is -2.43. The van der Waals surface area contributed by atoms with Gasteiger partial charge in [0.1, 0.15) is 6.04 Å². The molecule has 1 unspecified atom stereocenters. The topological polar surface area (TPSA) is 58.2 Å². The highest BCUT2D eigenvalue weighted by Crippen LogP contribution is 2.29. The second-order valence-corrected chi connectivity index (χ2v) is 4.62. The van der Waals surface area contributed by atoms with E-state index in [0.29, 0.717) is 17.7 Å². The van der Waals surface area contributed by atoms with Gasteiger partial charge in [-0.3, -0.25) is 9.59 Å². The van der Waals surface area contributed by atoms with E-state index in [2.05, 4.69) is 17.6 Å². The van der Waals surface area contributed by atoms with E-state index in [4.69, 9.17) is 0 Å². The second kappa shape index (κ2) is 3.21. The Hall–Kier alpha value is -0.710. The minimum absolute atomic E-state index is 0.0345. The maximum atomic E-state index is 11.4. The minimum atomic E-state index is -0.315. The van der Waals surface area contributed by atoms with Crippen LogP contribution in [0.4, 0.5) is 4.79 Å². The summed E-state index contributed by atoms with van der Waals surface area (Å²) in [6.07, 6.45) is 1.07. The molecule has 4 nitrogen and oxygen atoms in total. The fourth-order valence-electron chi connectivity index (χ4n) is 1.33. The van der Waals surface area contributed by atoms with Crippen LogP contribution in [0.3, 0.4) is 0 Å². The fraction of sp³-hybridized carbons (Fsp3) is 0.750. The highest BCUT2D eigenvalue weighted by molar-refractivity contribution is 8.14. The van der Waals surface area contributed by atoms with Gasteiger partial charge in [-0.2, -0.15) is 0 Å². The van der Waals surface area contributed by atoms with Gasteiger partial charge in [0.2, 0.25) is 5.91 Å². The maximum Gasteiger partial charge on any atom is 0.279 e. The normalized spacial score (nSPS) is 37.0. The van der Waals surface area contributed by atoms with Gasteiger partial charge in [0, 0.05) is 11.8 Å². The summed E-state index contributed by atoms with van der Waals surface area (Å²) in [4.78, 5) is 22.2. The van der Waals surface area contributed by atoms with E-state index in [1.54, 1.807) is 0 Å². The van der Waals surface area contributed by atoms with Crippen molar-refractivity contribution in [2.75, 3.05) is 5.75 Å². The summed E-state index contributed by atoms with van der Waals surface area (Å²) in [5, 5.41) is 5.42. The molecule has 2 amide bonds. The van der Waals surface area contributed by atoms with E-state index in [1.165, 1.54) is 11.8 Å². The van der Waals surface area contributed by atoms with Crippen molar-refractivity contribution in [1.82, 2.24) is 10.6 Å². The summed E-state index contributed by atoms with van der Waals surface area (Å²) in [5.74, 6) is 1.13. The molecule has 2 rings (SSSR count). The molecule has 0 aromatic rings. The monoisotopic (exact) mass is 200 g/mol. The molecule has 0 spiro atoms. The Morgan fingerprint density at radius 1 is 1.69 bits per heavy atom. The van der Waals surface area contributed by atoms with Crippen LogP contribution in [-0.4, -0.2) is 29.0 Å². The predicted molar refractivity (Wildman–Crippen MR) is 50.5 cm³/mol. The van der Waals surface area contributed by atoms with Gasteiger partial charge in [-0.05, 0) is 12.3 Å². The van der Waals surface area contributed by atoms with Crippen LogP contribution in [0.2, 0.25) is 0 Å². The molecule has 1 aliphatic heterocycles. The van der Waals surface area contributed by atoms with Crippen molar-refractivity contribution in [3.05, 3.63) is 0 Å². The van der Waals surface area contributed by atoms with Gasteiger partial charge in [-0.25, -0.2) is 0 Å². The SMILES string of the molecule is C[C@@H]1C[C@H]1NC(=O)C1CSC(=O)N1. The van der Waals surface area contributed by atoms with E-state index in [1.807, 2.05) is 0 Å². The highest BCUT2D eigenvalue weighted by atomic mass is 32.2. The largest absolute Gasteiger partial charge is 0.351 e. The van der Waals surface area contributed by atoms with Crippen LogP contribution in [0, 0.1) is 5.92 Å². The molecule has 72 valence electrons. The number of amides is 2. The molecule has 1 saturated heterocycles. The highest BCUT2D eigenvalue weighted by Gasteiger charge is 2.37. The summed E-state index contributed by atoms with van der Waals surface area (Å²) < 4.78 is 0. The average Bonchev–Trinajstić information content (AvgIpc) is 2.62. The van der Waals surface area contributed by atoms with Crippen molar-refractivity contribution in [3.8, 4) is 0 Å². The van der Waals surface area contributed by atoms with Gasteiger partial charge < -0.3 is 10.6 Å². The summed E-state index contributed by atoms with van der Waals surface area (Å²) in [5.41, 5.74) is 0. The Balaban J connectivity index is 1.80. The summed E-state index contributed by atoms with van der Waals surface area (Å²) in [6, 6.07) is 0.0281. The molecule has 13 heavy (non-hydrogen) atoms. The van der Waals surface area contributed by atoms with E-state index in [0.717, 1.165) is 6.42 Å². The van der Waals surface area contributed by atoms with Crippen molar-refractivity contribution in [1.29, 1.82) is 0 Å². The molecule has 2 fully saturated rings. The predicted octanol–water partition coefficient (Wildman–Crippen LogP) is 0.336. The molecule has 1 saturated carbocycles. The Kier molecular flexibility index (Phi) is 2.19. The minimum Gasteiger partial charge on any atom is -0.351 e. The van der Waals surface area contributed by atoms with Crippen molar-refractivity contribution in [2.24, 2.45) is 5.92 Å². The summed E-state index contributed by atoms with van der Waals surface area (Å²) >= 11 is 1.17. The zero-order valence-electron chi connectivity index (χ0n) is 7.37. The van der Waals surface area contributed by atoms with Gasteiger partial charge in [0.25, 0.3) is 5.24 Å². The molecule has 5 heteroatoms. The number of hydrogen-bond acceptors (Lipinski definition) is 3. The third kappa shape index (κ3) is 1.96. The van der Waals surface area contributed by atoms with Crippen LogP contribution < -0.4 is 10.6 Å². The number of carbonyl (C=O) groups is 2. The molecular weight excluding hydrogens is 188 g/mol. The van der Waals surface area contributed by atoms with Crippen molar-refractivity contribution in [3.63, 3.8) is 0 Å². The van der Waals surface area contributed by atoms with E-state index < -0.39 is 0 Å². The number of nitrogens with one attached hydrogen (secondary N) is 2. The lowest BCUT2D eigenvalue weighted by atomic mass is 10.3. The summed E-state index contributed by atoms with van der Waals surface area (Å²) in [6.45, 7) is 2.10. The fourth-order valence-corrected chi connectivity index (χ4v) is 2.11. The molecule has 2 aliphatic rings. The first kappa shape index (κ1) is 8.87. The van der Waals surface area contributed by atoms with Gasteiger partial charge in [-0.15, -0.1) is 0 Å². The molecule has 1 aliphatic carbocycles. The second-order valence-electron chi connectivity index (χ2n) is 3.62. The maximum absolute atomic E-state index is 11.4. The summed E-state index contributed by atoms with van der Waals surface area (Å²) in [7, 11) is 0. The number of rotatable bonds is 2. The van der Waals surface area contributed by atoms with E-state index in [-0.39, 0.29) is 17.2 Å². The lowest BCUT2D eigenvalue weighted by Gasteiger charge is -2.09. The van der Waals surface area contributed by atoms with Crippen LogP contribution in [0.5, 0.6) is 0 Å². The Morgan fingerprint density at radius 3 is 2.85 bits per heavy atom. The zero-order valence-corrected chi connectivity index (χ0v) is 8.19. The number of hydrogen-bond donors (Lipinski definition) is 2. The Labute approximate surface area is 80.8 Å². The Morgan fingerprint density at radius 2 is 2.38 bits per heavy atom. The lowest BCUT2D eigenvalue weighted by molar-refractivity contribution is -0.122. The molecule has 0 bridgehead atoms. The van der Waals surface area contributed by atoms with E-state index >= 15 is 0 Å². The first-order valence-electron chi connectivity index (χ1n) is 4.40. The molecule has 0 aromatic heterocycles. The first-order valence-corrected chi connectivity index (χ1v) is 5.39. The zero-order chi connectivity index (χ0) is 9.42. The Bertz CT molecular complexity index is 257. The van der Waals surface area contributed by atoms with Crippen molar-refractivity contribution >= 4 is 22.9 Å². The molecule has 0 radical (unpaired) electrons.